The summed E-state index contributed by atoms with van der Waals surface area (Å²) >= 11 is 5.90. The number of benzene rings is 2. The van der Waals surface area contributed by atoms with Crippen LogP contribution in [0.1, 0.15) is 32.1 Å². The minimum Gasteiger partial charge on any atom is -0.489 e. The van der Waals surface area contributed by atoms with Crippen molar-refractivity contribution >= 4 is 34.8 Å². The standard InChI is InChI=1S/C24H23ClN6O3/c1-15-20(12-26-30(15)2)28-24(33)22-21(13-27-31(22)3)29-23(32)17-6-4-5-16(11-17)14-34-19-9-7-18(25)8-10-19/h4-13H,14H2,1-3H3,(H,28,33)(H,29,32). The highest BCUT2D eigenvalue weighted by Crippen LogP contribution is 2.21. The van der Waals surface area contributed by atoms with Gasteiger partial charge in [-0.05, 0) is 48.9 Å². The topological polar surface area (TPSA) is 103 Å². The van der Waals surface area contributed by atoms with Crippen molar-refractivity contribution in [3.63, 3.8) is 0 Å². The molecule has 0 fully saturated rings. The maximum absolute atomic E-state index is 12.9. The Morgan fingerprint density at radius 3 is 2.32 bits per heavy atom. The number of aromatic nitrogens is 4. The van der Waals surface area contributed by atoms with E-state index in [0.717, 1.165) is 11.3 Å². The van der Waals surface area contributed by atoms with Gasteiger partial charge in [0, 0.05) is 24.7 Å². The van der Waals surface area contributed by atoms with E-state index >= 15 is 0 Å². The van der Waals surface area contributed by atoms with Crippen molar-refractivity contribution in [3.8, 4) is 5.75 Å². The van der Waals surface area contributed by atoms with Crippen LogP contribution in [0.4, 0.5) is 11.4 Å². The molecule has 2 N–H and O–H groups in total. The van der Waals surface area contributed by atoms with Gasteiger partial charge in [0.05, 0.1) is 29.5 Å². The lowest BCUT2D eigenvalue weighted by atomic mass is 10.1. The van der Waals surface area contributed by atoms with Crippen LogP contribution >= 0.6 is 11.6 Å². The van der Waals surface area contributed by atoms with E-state index in [9.17, 15) is 9.59 Å². The van der Waals surface area contributed by atoms with Crippen LogP contribution in [0, 0.1) is 6.92 Å². The molecule has 0 aliphatic carbocycles. The lowest BCUT2D eigenvalue weighted by Crippen LogP contribution is -2.20. The van der Waals surface area contributed by atoms with Crippen LogP contribution in [0.3, 0.4) is 0 Å². The predicted molar refractivity (Wildman–Crippen MR) is 129 cm³/mol. The molecule has 2 amide bonds. The summed E-state index contributed by atoms with van der Waals surface area (Å²) in [5.41, 5.74) is 3.15. The number of rotatable bonds is 7. The average molecular weight is 479 g/mol. The Morgan fingerprint density at radius 2 is 1.62 bits per heavy atom. The Morgan fingerprint density at radius 1 is 0.941 bits per heavy atom. The highest BCUT2D eigenvalue weighted by Gasteiger charge is 2.21. The molecule has 0 aliphatic heterocycles. The lowest BCUT2D eigenvalue weighted by molar-refractivity contribution is 0.101. The van der Waals surface area contributed by atoms with E-state index in [2.05, 4.69) is 20.8 Å². The van der Waals surface area contributed by atoms with Crippen molar-refractivity contribution in [3.05, 3.63) is 88.5 Å². The molecule has 2 aromatic carbocycles. The van der Waals surface area contributed by atoms with Crippen LogP contribution in [0.15, 0.2) is 60.9 Å². The second-order valence-corrected chi connectivity index (χ2v) is 8.09. The first kappa shape index (κ1) is 23.1. The Kier molecular flexibility index (Phi) is 6.65. The number of nitrogens with zero attached hydrogens (tertiary/aromatic N) is 4. The van der Waals surface area contributed by atoms with Gasteiger partial charge in [-0.2, -0.15) is 10.2 Å². The van der Waals surface area contributed by atoms with Crippen molar-refractivity contribution in [2.24, 2.45) is 14.1 Å². The summed E-state index contributed by atoms with van der Waals surface area (Å²) in [6.45, 7) is 2.13. The van der Waals surface area contributed by atoms with Crippen LogP contribution in [0.25, 0.3) is 0 Å². The zero-order valence-corrected chi connectivity index (χ0v) is 19.6. The fourth-order valence-electron chi connectivity index (χ4n) is 3.30. The van der Waals surface area contributed by atoms with Gasteiger partial charge in [-0.3, -0.25) is 19.0 Å². The monoisotopic (exact) mass is 478 g/mol. The van der Waals surface area contributed by atoms with Gasteiger partial charge in [0.1, 0.15) is 18.1 Å². The van der Waals surface area contributed by atoms with Crippen molar-refractivity contribution in [1.82, 2.24) is 19.6 Å². The predicted octanol–water partition coefficient (Wildman–Crippen LogP) is 4.20. The van der Waals surface area contributed by atoms with Crippen LogP contribution in [0.2, 0.25) is 5.02 Å². The number of ether oxygens (including phenoxy) is 1. The van der Waals surface area contributed by atoms with Crippen LogP contribution in [0.5, 0.6) is 5.75 Å². The van der Waals surface area contributed by atoms with Gasteiger partial charge < -0.3 is 15.4 Å². The number of amides is 2. The molecule has 0 aliphatic rings. The van der Waals surface area contributed by atoms with E-state index in [0.29, 0.717) is 27.7 Å². The van der Waals surface area contributed by atoms with Gasteiger partial charge in [-0.15, -0.1) is 0 Å². The molecule has 10 heteroatoms. The summed E-state index contributed by atoms with van der Waals surface area (Å²) in [5, 5.41) is 14.5. The van der Waals surface area contributed by atoms with Gasteiger partial charge in [-0.25, -0.2) is 0 Å². The Labute approximate surface area is 201 Å². The van der Waals surface area contributed by atoms with Gasteiger partial charge in [0.15, 0.2) is 0 Å². The minimum atomic E-state index is -0.406. The first-order valence-electron chi connectivity index (χ1n) is 10.4. The summed E-state index contributed by atoms with van der Waals surface area (Å²) in [6.07, 6.45) is 3.01. The molecular weight excluding hydrogens is 456 g/mol. The van der Waals surface area contributed by atoms with E-state index in [1.807, 2.05) is 13.0 Å². The number of hydrogen-bond acceptors (Lipinski definition) is 5. The van der Waals surface area contributed by atoms with E-state index in [1.54, 1.807) is 67.4 Å². The highest BCUT2D eigenvalue weighted by atomic mass is 35.5. The van der Waals surface area contributed by atoms with Gasteiger partial charge in [-0.1, -0.05) is 23.7 Å². The van der Waals surface area contributed by atoms with Gasteiger partial charge >= 0.3 is 0 Å². The van der Waals surface area contributed by atoms with Crippen molar-refractivity contribution in [1.29, 1.82) is 0 Å². The first-order chi connectivity index (χ1) is 16.3. The smallest absolute Gasteiger partial charge is 0.276 e. The van der Waals surface area contributed by atoms with E-state index in [1.165, 1.54) is 10.9 Å². The SMILES string of the molecule is Cc1c(NC(=O)c2c(NC(=O)c3cccc(COc4ccc(Cl)cc4)c3)cnn2C)cnn1C. The van der Waals surface area contributed by atoms with Gasteiger partial charge in [0.25, 0.3) is 11.8 Å². The number of nitrogens with one attached hydrogen (secondary N) is 2. The molecule has 2 aromatic heterocycles. The first-order valence-corrected chi connectivity index (χ1v) is 10.8. The number of carbonyl (C=O) groups is 2. The number of anilines is 2. The molecule has 0 saturated carbocycles. The maximum Gasteiger partial charge on any atom is 0.276 e. The Hall–Kier alpha value is -4.11. The second kappa shape index (κ2) is 9.80. The van der Waals surface area contributed by atoms with Gasteiger partial charge in [0.2, 0.25) is 0 Å². The summed E-state index contributed by atoms with van der Waals surface area (Å²) in [7, 11) is 3.42. The molecule has 2 heterocycles. The molecule has 0 unspecified atom stereocenters. The number of carbonyl (C=O) groups excluding carboxylic acids is 2. The molecular formula is C24H23ClN6O3. The zero-order chi connectivity index (χ0) is 24.2. The molecule has 0 bridgehead atoms. The maximum atomic E-state index is 12.9. The number of halogens is 1. The van der Waals surface area contributed by atoms with E-state index < -0.39 is 5.91 Å². The molecule has 4 aromatic rings. The Balaban J connectivity index is 1.46. The third kappa shape index (κ3) is 5.10. The third-order valence-electron chi connectivity index (χ3n) is 5.29. The fraction of sp³-hybridized carbons (Fsp3) is 0.167. The quantitative estimate of drug-likeness (QED) is 0.414. The van der Waals surface area contributed by atoms with Crippen LogP contribution in [-0.4, -0.2) is 31.4 Å². The van der Waals surface area contributed by atoms with Crippen molar-refractivity contribution in [2.45, 2.75) is 13.5 Å². The largest absolute Gasteiger partial charge is 0.489 e. The highest BCUT2D eigenvalue weighted by molar-refractivity contribution is 6.30. The molecule has 0 spiro atoms. The third-order valence-corrected chi connectivity index (χ3v) is 5.55. The number of aryl methyl sites for hydroxylation is 2. The van der Waals surface area contributed by atoms with Crippen LogP contribution < -0.4 is 15.4 Å². The molecule has 0 radical (unpaired) electrons. The molecule has 0 saturated heterocycles. The van der Waals surface area contributed by atoms with Crippen LogP contribution in [-0.2, 0) is 20.7 Å². The summed E-state index contributed by atoms with van der Waals surface area (Å²) in [4.78, 5) is 25.8. The zero-order valence-electron chi connectivity index (χ0n) is 18.9. The van der Waals surface area contributed by atoms with Crippen molar-refractivity contribution in [2.75, 3.05) is 10.6 Å². The average Bonchev–Trinajstić information content (AvgIpc) is 3.35. The summed E-state index contributed by atoms with van der Waals surface area (Å²) in [5.74, 6) is -0.0985. The summed E-state index contributed by atoms with van der Waals surface area (Å²) in [6, 6.07) is 14.1. The normalized spacial score (nSPS) is 10.7. The summed E-state index contributed by atoms with van der Waals surface area (Å²) < 4.78 is 8.83. The Bertz CT molecular complexity index is 1340. The second-order valence-electron chi connectivity index (χ2n) is 7.65. The number of hydrogen-bond donors (Lipinski definition) is 2. The molecule has 4 rings (SSSR count). The lowest BCUT2D eigenvalue weighted by Gasteiger charge is -2.10. The minimum absolute atomic E-state index is 0.221. The fourth-order valence-corrected chi connectivity index (χ4v) is 3.42. The molecule has 34 heavy (non-hydrogen) atoms. The van der Waals surface area contributed by atoms with E-state index in [-0.39, 0.29) is 18.2 Å². The molecule has 9 nitrogen and oxygen atoms in total. The molecule has 0 atom stereocenters. The molecule has 174 valence electrons. The van der Waals surface area contributed by atoms with E-state index in [4.69, 9.17) is 16.3 Å². The van der Waals surface area contributed by atoms with Crippen molar-refractivity contribution < 1.29 is 14.3 Å².